The number of morpholine rings is 1. The Morgan fingerprint density at radius 2 is 1.73 bits per heavy atom. The Labute approximate surface area is 172 Å². The van der Waals surface area contributed by atoms with Gasteiger partial charge in [-0.15, -0.1) is 5.11 Å². The van der Waals surface area contributed by atoms with Crippen molar-refractivity contribution in [2.24, 2.45) is 10.2 Å². The molecule has 1 saturated heterocycles. The molecule has 1 fully saturated rings. The Hall–Kier alpha value is -2.83. The number of hydrogen-bond acceptors (Lipinski definition) is 8. The van der Waals surface area contributed by atoms with Crippen LogP contribution in [0.2, 0.25) is 0 Å². The van der Waals surface area contributed by atoms with E-state index in [1.165, 1.54) is 28.6 Å². The van der Waals surface area contributed by atoms with Crippen LogP contribution >= 0.6 is 0 Å². The van der Waals surface area contributed by atoms with Gasteiger partial charge in [0, 0.05) is 26.2 Å². The third-order valence-corrected chi connectivity index (χ3v) is 6.60. The molecule has 30 heavy (non-hydrogen) atoms. The monoisotopic (exact) mass is 437 g/mol. The summed E-state index contributed by atoms with van der Waals surface area (Å²) in [4.78, 5) is 24.7. The van der Waals surface area contributed by atoms with Gasteiger partial charge in [-0.25, -0.2) is 13.2 Å². The molecule has 0 atom stereocenters. The van der Waals surface area contributed by atoms with Crippen LogP contribution in [0.3, 0.4) is 0 Å². The fourth-order valence-corrected chi connectivity index (χ4v) is 4.52. The minimum atomic E-state index is -3.72. The normalized spacial score (nSPS) is 15.7. The lowest BCUT2D eigenvalue weighted by molar-refractivity contribution is 0.0730. The average Bonchev–Trinajstić information content (AvgIpc) is 2.75. The van der Waals surface area contributed by atoms with E-state index in [0.29, 0.717) is 13.2 Å². The molecule has 11 nitrogen and oxygen atoms in total. The lowest BCUT2D eigenvalue weighted by Crippen LogP contribution is -2.40. The molecular formula is C18H23N5O6S. The summed E-state index contributed by atoms with van der Waals surface area (Å²) in [5, 5.41) is 18.0. The van der Waals surface area contributed by atoms with Crippen LogP contribution in [0, 0.1) is 0 Å². The summed E-state index contributed by atoms with van der Waals surface area (Å²) in [7, 11) is -3.72. The van der Waals surface area contributed by atoms with Crippen LogP contribution in [-0.4, -0.2) is 53.3 Å². The molecule has 0 spiro atoms. The Bertz CT molecular complexity index is 1180. The van der Waals surface area contributed by atoms with Crippen molar-refractivity contribution in [1.29, 1.82) is 0 Å². The van der Waals surface area contributed by atoms with Crippen molar-refractivity contribution >= 4 is 21.4 Å². The number of hydrogen-bond donors (Lipinski definition) is 1. The lowest BCUT2D eigenvalue weighted by atomic mass is 10.3. The molecule has 0 saturated carbocycles. The molecule has 0 amide bonds. The van der Waals surface area contributed by atoms with Gasteiger partial charge in [-0.2, -0.15) is 9.42 Å². The third-order valence-electron chi connectivity index (χ3n) is 4.70. The molecule has 2 heterocycles. The molecule has 2 aromatic rings. The fourth-order valence-electron chi connectivity index (χ4n) is 3.08. The minimum Gasteiger partial charge on any atom is -0.493 e. The number of benzene rings is 1. The van der Waals surface area contributed by atoms with Crippen LogP contribution in [0.25, 0.3) is 0 Å². The zero-order valence-corrected chi connectivity index (χ0v) is 17.5. The summed E-state index contributed by atoms with van der Waals surface area (Å²) in [6.07, 6.45) is 0. The Kier molecular flexibility index (Phi) is 6.48. The van der Waals surface area contributed by atoms with Crippen molar-refractivity contribution < 1.29 is 18.3 Å². The van der Waals surface area contributed by atoms with Crippen LogP contribution in [0.1, 0.15) is 13.8 Å². The van der Waals surface area contributed by atoms with Gasteiger partial charge in [0.25, 0.3) is 5.56 Å². The zero-order chi connectivity index (χ0) is 21.9. The summed E-state index contributed by atoms with van der Waals surface area (Å²) < 4.78 is 34.1. The number of aromatic nitrogens is 2. The maximum absolute atomic E-state index is 12.8. The molecule has 0 unspecified atom stereocenters. The predicted molar refractivity (Wildman–Crippen MR) is 108 cm³/mol. The van der Waals surface area contributed by atoms with Crippen molar-refractivity contribution in [2.75, 3.05) is 26.3 Å². The summed E-state index contributed by atoms with van der Waals surface area (Å²) in [6.45, 7) is 4.69. The maximum Gasteiger partial charge on any atom is 0.333 e. The first-order chi connectivity index (χ1) is 14.3. The van der Waals surface area contributed by atoms with Crippen LogP contribution < -0.4 is 11.2 Å². The highest BCUT2D eigenvalue weighted by atomic mass is 32.2. The van der Waals surface area contributed by atoms with E-state index in [-0.39, 0.29) is 42.4 Å². The largest absolute Gasteiger partial charge is 0.493 e. The second-order valence-electron chi connectivity index (χ2n) is 6.46. The molecule has 1 aliphatic heterocycles. The van der Waals surface area contributed by atoms with E-state index in [9.17, 15) is 23.1 Å². The highest BCUT2D eigenvalue weighted by Crippen LogP contribution is 2.26. The van der Waals surface area contributed by atoms with Gasteiger partial charge >= 0.3 is 5.69 Å². The quantitative estimate of drug-likeness (QED) is 0.675. The summed E-state index contributed by atoms with van der Waals surface area (Å²) >= 11 is 0. The van der Waals surface area contributed by atoms with E-state index in [0.717, 1.165) is 9.13 Å². The average molecular weight is 437 g/mol. The van der Waals surface area contributed by atoms with Gasteiger partial charge in [0.05, 0.1) is 23.8 Å². The van der Waals surface area contributed by atoms with Crippen molar-refractivity contribution in [3.63, 3.8) is 0 Å². The smallest absolute Gasteiger partial charge is 0.333 e. The number of rotatable bonds is 6. The van der Waals surface area contributed by atoms with Crippen molar-refractivity contribution in [2.45, 2.75) is 31.8 Å². The molecule has 1 aliphatic rings. The van der Waals surface area contributed by atoms with Crippen LogP contribution in [0.5, 0.6) is 5.88 Å². The lowest BCUT2D eigenvalue weighted by Gasteiger charge is -2.26. The fraction of sp³-hybridized carbons (Fsp3) is 0.444. The van der Waals surface area contributed by atoms with Crippen molar-refractivity contribution in [3.8, 4) is 5.88 Å². The first-order valence-electron chi connectivity index (χ1n) is 9.47. The summed E-state index contributed by atoms with van der Waals surface area (Å²) in [5.41, 5.74) is -1.62. The standard InChI is InChI=1S/C18H23N5O6S/c1-3-22-16(24)15(17(25)23(4-2)18(22)26)20-19-13-6-5-7-14(12-13)30(27,28)21-8-10-29-11-9-21/h5-7,12,24H,3-4,8-11H2,1-2H3. The van der Waals surface area contributed by atoms with Gasteiger partial charge < -0.3 is 9.84 Å². The highest BCUT2D eigenvalue weighted by Gasteiger charge is 2.26. The van der Waals surface area contributed by atoms with E-state index in [1.807, 2.05) is 0 Å². The molecular weight excluding hydrogens is 414 g/mol. The first kappa shape index (κ1) is 21.9. The van der Waals surface area contributed by atoms with Gasteiger partial charge in [-0.3, -0.25) is 13.9 Å². The SMILES string of the molecule is CCn1c(O)c(N=Nc2cccc(S(=O)(=O)N3CCOCC3)c2)c(=O)n(CC)c1=O. The Morgan fingerprint density at radius 3 is 2.37 bits per heavy atom. The van der Waals surface area contributed by atoms with Crippen LogP contribution in [0.15, 0.2) is 49.0 Å². The maximum atomic E-state index is 12.8. The molecule has 0 bridgehead atoms. The van der Waals surface area contributed by atoms with E-state index < -0.39 is 27.2 Å². The molecule has 1 N–H and O–H groups in total. The molecule has 3 rings (SSSR count). The topological polar surface area (TPSA) is 136 Å². The predicted octanol–water partition coefficient (Wildman–Crippen LogP) is 1.19. The molecule has 162 valence electrons. The summed E-state index contributed by atoms with van der Waals surface area (Å²) in [5.74, 6) is -0.585. The molecule has 0 aliphatic carbocycles. The van der Waals surface area contributed by atoms with E-state index in [2.05, 4.69) is 10.2 Å². The molecule has 0 radical (unpaired) electrons. The molecule has 12 heteroatoms. The zero-order valence-electron chi connectivity index (χ0n) is 16.7. The van der Waals surface area contributed by atoms with Gasteiger partial charge in [-0.05, 0) is 32.0 Å². The number of aromatic hydroxyl groups is 1. The second-order valence-corrected chi connectivity index (χ2v) is 8.40. The Morgan fingerprint density at radius 1 is 1.07 bits per heavy atom. The van der Waals surface area contributed by atoms with E-state index >= 15 is 0 Å². The van der Waals surface area contributed by atoms with Gasteiger partial charge in [0.15, 0.2) is 0 Å². The number of azo groups is 1. The Balaban J connectivity index is 1.99. The second kappa shape index (κ2) is 8.90. The number of sulfonamides is 1. The van der Waals surface area contributed by atoms with E-state index in [1.54, 1.807) is 13.8 Å². The highest BCUT2D eigenvalue weighted by molar-refractivity contribution is 7.89. The summed E-state index contributed by atoms with van der Waals surface area (Å²) in [6, 6.07) is 5.81. The minimum absolute atomic E-state index is 0.0366. The van der Waals surface area contributed by atoms with Gasteiger partial charge in [-0.1, -0.05) is 6.07 Å². The van der Waals surface area contributed by atoms with Gasteiger partial charge in [0.1, 0.15) is 0 Å². The van der Waals surface area contributed by atoms with Gasteiger partial charge in [0.2, 0.25) is 21.6 Å². The first-order valence-corrected chi connectivity index (χ1v) is 10.9. The van der Waals surface area contributed by atoms with E-state index in [4.69, 9.17) is 4.74 Å². The third kappa shape index (κ3) is 4.06. The molecule has 1 aromatic heterocycles. The van der Waals surface area contributed by atoms with Crippen LogP contribution in [-0.2, 0) is 27.8 Å². The van der Waals surface area contributed by atoms with Crippen molar-refractivity contribution in [1.82, 2.24) is 13.4 Å². The van der Waals surface area contributed by atoms with Crippen molar-refractivity contribution in [3.05, 3.63) is 45.1 Å². The van der Waals surface area contributed by atoms with Crippen LogP contribution in [0.4, 0.5) is 11.4 Å². The number of ether oxygens (including phenoxy) is 1. The molecule has 1 aromatic carbocycles. The number of nitrogens with zero attached hydrogens (tertiary/aromatic N) is 5.